The summed E-state index contributed by atoms with van der Waals surface area (Å²) in [5.74, 6) is -1.34. The molecule has 1 saturated heterocycles. The van der Waals surface area contributed by atoms with Crippen LogP contribution in [0.3, 0.4) is 0 Å². The summed E-state index contributed by atoms with van der Waals surface area (Å²) in [4.78, 5) is 39.5. The van der Waals surface area contributed by atoms with Gasteiger partial charge in [0.15, 0.2) is 0 Å². The molecule has 1 heterocycles. The highest BCUT2D eigenvalue weighted by molar-refractivity contribution is 6.51. The van der Waals surface area contributed by atoms with E-state index in [1.165, 1.54) is 11.8 Å². The lowest BCUT2D eigenvalue weighted by atomic mass is 9.93. The monoisotopic (exact) mass is 484 g/mol. The van der Waals surface area contributed by atoms with Crippen LogP contribution in [0, 0.1) is 6.92 Å². The van der Waals surface area contributed by atoms with E-state index >= 15 is 0 Å². The first-order chi connectivity index (χ1) is 17.2. The van der Waals surface area contributed by atoms with E-state index in [0.717, 1.165) is 12.0 Å². The van der Waals surface area contributed by atoms with E-state index in [0.29, 0.717) is 33.8 Å². The molecule has 2 N–H and O–H groups in total. The Labute approximate surface area is 210 Å². The van der Waals surface area contributed by atoms with E-state index in [1.807, 2.05) is 31.2 Å². The van der Waals surface area contributed by atoms with Crippen molar-refractivity contribution in [1.29, 1.82) is 0 Å². The second kappa shape index (κ2) is 10.1. The molecule has 0 radical (unpaired) electrons. The summed E-state index contributed by atoms with van der Waals surface area (Å²) < 4.78 is 5.26. The summed E-state index contributed by atoms with van der Waals surface area (Å²) in [6.45, 7) is 5.26. The van der Waals surface area contributed by atoms with E-state index in [2.05, 4.69) is 5.32 Å². The highest BCUT2D eigenvalue weighted by Gasteiger charge is 2.47. The first kappa shape index (κ1) is 24.7. The quantitative estimate of drug-likeness (QED) is 0.287. The average molecular weight is 485 g/mol. The van der Waals surface area contributed by atoms with Gasteiger partial charge in [0.2, 0.25) is 5.91 Å². The number of benzene rings is 3. The third kappa shape index (κ3) is 4.60. The molecule has 7 nitrogen and oxygen atoms in total. The van der Waals surface area contributed by atoms with Crippen LogP contribution < -0.4 is 15.0 Å². The molecule has 7 heteroatoms. The summed E-state index contributed by atoms with van der Waals surface area (Å²) in [5.41, 5.74) is 4.03. The van der Waals surface area contributed by atoms with Crippen LogP contribution in [0.15, 0.2) is 72.3 Å². The van der Waals surface area contributed by atoms with Gasteiger partial charge < -0.3 is 15.2 Å². The van der Waals surface area contributed by atoms with Crippen LogP contribution in [-0.4, -0.2) is 29.8 Å². The normalized spacial score (nSPS) is 16.8. The highest BCUT2D eigenvalue weighted by Crippen LogP contribution is 2.43. The maximum Gasteiger partial charge on any atom is 0.300 e. The van der Waals surface area contributed by atoms with Crippen LogP contribution in [0.5, 0.6) is 5.75 Å². The van der Waals surface area contributed by atoms with Gasteiger partial charge in [-0.2, -0.15) is 0 Å². The van der Waals surface area contributed by atoms with Crippen molar-refractivity contribution < 1.29 is 24.2 Å². The van der Waals surface area contributed by atoms with Gasteiger partial charge in [-0.1, -0.05) is 31.2 Å². The number of Topliss-reactive ketones (excluding diaryl/α,β-unsaturated/α-hetero) is 1. The Hall–Kier alpha value is -4.39. The predicted molar refractivity (Wildman–Crippen MR) is 139 cm³/mol. The zero-order valence-corrected chi connectivity index (χ0v) is 20.7. The molecule has 4 rings (SSSR count). The molecule has 0 saturated carbocycles. The minimum atomic E-state index is -0.830. The smallest absolute Gasteiger partial charge is 0.300 e. The first-order valence-corrected chi connectivity index (χ1v) is 11.7. The number of nitrogens with zero attached hydrogens (tertiary/aromatic N) is 1. The molecule has 3 aromatic rings. The van der Waals surface area contributed by atoms with Crippen LogP contribution in [0.4, 0.5) is 11.4 Å². The molecule has 0 spiro atoms. The molecule has 0 aromatic heterocycles. The van der Waals surface area contributed by atoms with Crippen molar-refractivity contribution in [3.05, 3.63) is 94.6 Å². The van der Waals surface area contributed by atoms with Crippen LogP contribution in [0.2, 0.25) is 0 Å². The standard InChI is InChI=1S/C29H28N2O5/c1-5-19-6-8-20(9-7-19)26-25(27(33)24-15-14-23(36-4)16-17(24)2)28(34)29(35)31(26)22-12-10-21(11-13-22)30-18(3)32/h6-16,26,33H,5H2,1-4H3,(H,30,32)/b27-25-. The second-order valence-corrected chi connectivity index (χ2v) is 8.67. The van der Waals surface area contributed by atoms with Gasteiger partial charge in [0, 0.05) is 23.9 Å². The molecule has 2 amide bonds. The van der Waals surface area contributed by atoms with E-state index in [-0.39, 0.29) is 17.2 Å². The van der Waals surface area contributed by atoms with E-state index in [4.69, 9.17) is 4.74 Å². The molecular weight excluding hydrogens is 456 g/mol. The Bertz CT molecular complexity index is 1360. The Balaban J connectivity index is 1.88. The minimum absolute atomic E-state index is 0.0171. The van der Waals surface area contributed by atoms with Gasteiger partial charge in [-0.25, -0.2) is 0 Å². The number of carbonyl (C=O) groups excluding carboxylic acids is 3. The van der Waals surface area contributed by atoms with Gasteiger partial charge in [-0.05, 0) is 72.5 Å². The lowest BCUT2D eigenvalue weighted by Gasteiger charge is -2.26. The van der Waals surface area contributed by atoms with Crippen molar-refractivity contribution in [3.63, 3.8) is 0 Å². The van der Waals surface area contributed by atoms with Gasteiger partial charge in [0.1, 0.15) is 11.5 Å². The number of ketones is 1. The van der Waals surface area contributed by atoms with Crippen molar-refractivity contribution in [2.75, 3.05) is 17.3 Å². The molecule has 3 aromatic carbocycles. The number of aryl methyl sites for hydroxylation is 2. The first-order valence-electron chi connectivity index (χ1n) is 11.7. The third-order valence-corrected chi connectivity index (χ3v) is 6.30. The lowest BCUT2D eigenvalue weighted by Crippen LogP contribution is -2.29. The molecule has 1 unspecified atom stereocenters. The van der Waals surface area contributed by atoms with Gasteiger partial charge >= 0.3 is 0 Å². The van der Waals surface area contributed by atoms with Crippen molar-refractivity contribution in [2.24, 2.45) is 0 Å². The fourth-order valence-corrected chi connectivity index (χ4v) is 4.43. The van der Waals surface area contributed by atoms with E-state index < -0.39 is 17.7 Å². The van der Waals surface area contributed by atoms with Crippen molar-refractivity contribution in [2.45, 2.75) is 33.2 Å². The fourth-order valence-electron chi connectivity index (χ4n) is 4.43. The van der Waals surface area contributed by atoms with Crippen LogP contribution in [-0.2, 0) is 20.8 Å². The summed E-state index contributed by atoms with van der Waals surface area (Å²) >= 11 is 0. The Morgan fingerprint density at radius 3 is 2.25 bits per heavy atom. The number of aliphatic hydroxyl groups is 1. The molecule has 1 atom stereocenters. The third-order valence-electron chi connectivity index (χ3n) is 6.30. The number of carbonyl (C=O) groups is 3. The Morgan fingerprint density at radius 1 is 1.03 bits per heavy atom. The van der Waals surface area contributed by atoms with Gasteiger partial charge in [0.05, 0.1) is 18.7 Å². The number of amides is 2. The molecule has 1 aliphatic rings. The molecular formula is C29H28N2O5. The molecule has 0 aliphatic carbocycles. The number of hydrogen-bond acceptors (Lipinski definition) is 5. The minimum Gasteiger partial charge on any atom is -0.507 e. The van der Waals surface area contributed by atoms with E-state index in [9.17, 15) is 19.5 Å². The van der Waals surface area contributed by atoms with Gasteiger partial charge in [0.25, 0.3) is 11.7 Å². The summed E-state index contributed by atoms with van der Waals surface area (Å²) in [5, 5.41) is 14.1. The fraction of sp³-hybridized carbons (Fsp3) is 0.207. The van der Waals surface area contributed by atoms with E-state index in [1.54, 1.807) is 56.5 Å². The number of rotatable bonds is 6. The number of methoxy groups -OCH3 is 1. The van der Waals surface area contributed by atoms with Gasteiger partial charge in [-0.3, -0.25) is 19.3 Å². The van der Waals surface area contributed by atoms with Crippen molar-refractivity contribution in [1.82, 2.24) is 0 Å². The topological polar surface area (TPSA) is 95.9 Å². The van der Waals surface area contributed by atoms with Crippen LogP contribution in [0.25, 0.3) is 5.76 Å². The van der Waals surface area contributed by atoms with Crippen LogP contribution in [0.1, 0.15) is 42.1 Å². The summed E-state index contributed by atoms with van der Waals surface area (Å²) in [7, 11) is 1.55. The second-order valence-electron chi connectivity index (χ2n) is 8.67. The summed E-state index contributed by atoms with van der Waals surface area (Å²) in [6.07, 6.45) is 0.843. The number of anilines is 2. The zero-order valence-electron chi connectivity index (χ0n) is 20.7. The maximum absolute atomic E-state index is 13.4. The van der Waals surface area contributed by atoms with Crippen molar-refractivity contribution >= 4 is 34.7 Å². The zero-order chi connectivity index (χ0) is 26.0. The molecule has 36 heavy (non-hydrogen) atoms. The SMILES string of the molecule is CCc1ccc(C2/C(=C(/O)c3ccc(OC)cc3C)C(=O)C(=O)N2c2ccc(NC(C)=O)cc2)cc1. The summed E-state index contributed by atoms with van der Waals surface area (Å²) in [6, 6.07) is 18.6. The average Bonchev–Trinajstić information content (AvgIpc) is 3.14. The Kier molecular flexibility index (Phi) is 6.92. The van der Waals surface area contributed by atoms with Crippen molar-refractivity contribution in [3.8, 4) is 5.75 Å². The highest BCUT2D eigenvalue weighted by atomic mass is 16.5. The number of aliphatic hydroxyl groups excluding tert-OH is 1. The predicted octanol–water partition coefficient (Wildman–Crippen LogP) is 5.15. The maximum atomic E-state index is 13.4. The largest absolute Gasteiger partial charge is 0.507 e. The Morgan fingerprint density at radius 2 is 1.69 bits per heavy atom. The van der Waals surface area contributed by atoms with Crippen LogP contribution >= 0.6 is 0 Å². The molecule has 0 bridgehead atoms. The molecule has 1 aliphatic heterocycles. The number of ether oxygens (including phenoxy) is 1. The number of hydrogen-bond donors (Lipinski definition) is 2. The van der Waals surface area contributed by atoms with Gasteiger partial charge in [-0.15, -0.1) is 0 Å². The lowest BCUT2D eigenvalue weighted by molar-refractivity contribution is -0.132. The molecule has 184 valence electrons. The molecule has 1 fully saturated rings. The number of nitrogens with one attached hydrogen (secondary N) is 1.